The van der Waals surface area contributed by atoms with Gasteiger partial charge in [-0.1, -0.05) is 0 Å². The van der Waals surface area contributed by atoms with E-state index in [4.69, 9.17) is 18.9 Å². The number of esters is 1. The van der Waals surface area contributed by atoms with E-state index < -0.39 is 11.9 Å². The van der Waals surface area contributed by atoms with E-state index in [1.807, 2.05) is 0 Å². The van der Waals surface area contributed by atoms with Gasteiger partial charge >= 0.3 is 5.97 Å². The van der Waals surface area contributed by atoms with Gasteiger partial charge in [0.15, 0.2) is 17.3 Å². The van der Waals surface area contributed by atoms with E-state index in [1.54, 1.807) is 18.2 Å². The van der Waals surface area contributed by atoms with Crippen molar-refractivity contribution in [1.82, 2.24) is 0 Å². The molecule has 0 radical (unpaired) electrons. The number of Topliss-reactive ketones (excluding diaryl/α,β-unsaturated/α-hetero) is 1. The molecule has 23 heavy (non-hydrogen) atoms. The molecule has 0 amide bonds. The number of benzene rings is 1. The summed E-state index contributed by atoms with van der Waals surface area (Å²) < 4.78 is 20.4. The SMILES string of the molecule is COC(=O)C(C(=O)c1ccc(OC)c(OC)c1)C1=COCCC1. The van der Waals surface area contributed by atoms with Crippen molar-refractivity contribution in [1.29, 1.82) is 0 Å². The van der Waals surface area contributed by atoms with Crippen molar-refractivity contribution < 1.29 is 28.5 Å². The van der Waals surface area contributed by atoms with Gasteiger partial charge in [-0.05, 0) is 36.6 Å². The Morgan fingerprint density at radius 1 is 1.13 bits per heavy atom. The van der Waals surface area contributed by atoms with Crippen molar-refractivity contribution in [3.8, 4) is 11.5 Å². The van der Waals surface area contributed by atoms with E-state index in [0.717, 1.165) is 6.42 Å². The highest BCUT2D eigenvalue weighted by molar-refractivity contribution is 6.11. The Bertz CT molecular complexity index is 620. The molecule has 0 aromatic heterocycles. The molecule has 0 bridgehead atoms. The summed E-state index contributed by atoms with van der Waals surface area (Å²) in [6.45, 7) is 0.585. The summed E-state index contributed by atoms with van der Waals surface area (Å²) in [5.41, 5.74) is 0.979. The maximum absolute atomic E-state index is 12.8. The molecule has 0 saturated carbocycles. The number of methoxy groups -OCH3 is 3. The van der Waals surface area contributed by atoms with Crippen molar-refractivity contribution in [3.63, 3.8) is 0 Å². The van der Waals surface area contributed by atoms with Crippen LogP contribution in [0.1, 0.15) is 23.2 Å². The molecule has 124 valence electrons. The Morgan fingerprint density at radius 2 is 1.87 bits per heavy atom. The summed E-state index contributed by atoms with van der Waals surface area (Å²) in [7, 11) is 4.27. The lowest BCUT2D eigenvalue weighted by atomic mass is 9.88. The normalized spacial score (nSPS) is 15.0. The Morgan fingerprint density at radius 3 is 2.43 bits per heavy atom. The first kappa shape index (κ1) is 16.9. The number of ketones is 1. The predicted octanol–water partition coefficient (Wildman–Crippen LogP) is 2.37. The average molecular weight is 320 g/mol. The van der Waals surface area contributed by atoms with Crippen LogP contribution in [0.2, 0.25) is 0 Å². The minimum Gasteiger partial charge on any atom is -0.501 e. The summed E-state index contributed by atoms with van der Waals surface area (Å²) in [5, 5.41) is 0. The summed E-state index contributed by atoms with van der Waals surface area (Å²) in [4.78, 5) is 24.9. The lowest BCUT2D eigenvalue weighted by molar-refractivity contribution is -0.142. The molecule has 6 nitrogen and oxygen atoms in total. The van der Waals surface area contributed by atoms with Crippen molar-refractivity contribution in [2.75, 3.05) is 27.9 Å². The van der Waals surface area contributed by atoms with Gasteiger partial charge in [-0.15, -0.1) is 0 Å². The fourth-order valence-electron chi connectivity index (χ4n) is 2.50. The molecule has 1 aliphatic rings. The molecule has 0 aliphatic carbocycles. The molecule has 0 saturated heterocycles. The first-order valence-corrected chi connectivity index (χ1v) is 7.27. The van der Waals surface area contributed by atoms with E-state index in [2.05, 4.69) is 0 Å². The van der Waals surface area contributed by atoms with Crippen LogP contribution in [0, 0.1) is 5.92 Å². The lowest BCUT2D eigenvalue weighted by Gasteiger charge is -2.20. The standard InChI is InChI=1S/C17H20O6/c1-20-13-7-6-11(9-14(13)21-2)16(18)15(17(19)22-3)12-5-4-8-23-10-12/h6-7,9-10,15H,4-5,8H2,1-3H3. The number of hydrogen-bond donors (Lipinski definition) is 0. The molecule has 1 aromatic carbocycles. The minimum absolute atomic E-state index is 0.351. The fourth-order valence-corrected chi connectivity index (χ4v) is 2.50. The molecule has 0 fully saturated rings. The summed E-state index contributed by atoms with van der Waals surface area (Å²) in [6.07, 6.45) is 2.88. The smallest absolute Gasteiger partial charge is 0.320 e. The second kappa shape index (κ2) is 7.67. The van der Waals surface area contributed by atoms with Gasteiger partial charge in [0.1, 0.15) is 5.92 Å². The molecular weight excluding hydrogens is 300 g/mol. The van der Waals surface area contributed by atoms with Gasteiger partial charge in [0.2, 0.25) is 0 Å². The van der Waals surface area contributed by atoms with Gasteiger partial charge in [-0.2, -0.15) is 0 Å². The molecule has 1 atom stereocenters. The molecule has 6 heteroatoms. The van der Waals surface area contributed by atoms with E-state index >= 15 is 0 Å². The zero-order valence-electron chi connectivity index (χ0n) is 13.5. The third-order valence-electron chi connectivity index (χ3n) is 3.70. The van der Waals surface area contributed by atoms with Crippen molar-refractivity contribution in [3.05, 3.63) is 35.6 Å². The van der Waals surface area contributed by atoms with Crippen molar-refractivity contribution >= 4 is 11.8 Å². The Balaban J connectivity index is 2.37. The van der Waals surface area contributed by atoms with Crippen LogP contribution in [-0.2, 0) is 14.3 Å². The van der Waals surface area contributed by atoms with Crippen LogP contribution >= 0.6 is 0 Å². The minimum atomic E-state index is -1.00. The van der Waals surface area contributed by atoms with Crippen LogP contribution < -0.4 is 9.47 Å². The molecule has 1 aliphatic heterocycles. The number of hydrogen-bond acceptors (Lipinski definition) is 6. The molecule has 0 spiro atoms. The highest BCUT2D eigenvalue weighted by Crippen LogP contribution is 2.31. The van der Waals surface area contributed by atoms with Crippen LogP contribution in [0.25, 0.3) is 0 Å². The van der Waals surface area contributed by atoms with Crippen LogP contribution in [0.4, 0.5) is 0 Å². The van der Waals surface area contributed by atoms with Gasteiger partial charge in [0, 0.05) is 5.56 Å². The van der Waals surface area contributed by atoms with Gasteiger partial charge in [-0.3, -0.25) is 9.59 Å². The number of rotatable bonds is 6. The zero-order chi connectivity index (χ0) is 16.8. The molecule has 1 aromatic rings. The highest BCUT2D eigenvalue weighted by Gasteiger charge is 2.33. The van der Waals surface area contributed by atoms with E-state index in [1.165, 1.54) is 27.6 Å². The quantitative estimate of drug-likeness (QED) is 0.455. The molecule has 2 rings (SSSR count). The third-order valence-corrected chi connectivity index (χ3v) is 3.70. The van der Waals surface area contributed by atoms with Gasteiger partial charge in [-0.25, -0.2) is 0 Å². The zero-order valence-corrected chi connectivity index (χ0v) is 13.5. The summed E-state index contributed by atoms with van der Waals surface area (Å²) in [6, 6.07) is 4.79. The third kappa shape index (κ3) is 3.64. The topological polar surface area (TPSA) is 71.1 Å². The second-order valence-corrected chi connectivity index (χ2v) is 5.06. The lowest BCUT2D eigenvalue weighted by Crippen LogP contribution is -2.28. The van der Waals surface area contributed by atoms with E-state index in [-0.39, 0.29) is 5.78 Å². The molecule has 0 N–H and O–H groups in total. The summed E-state index contributed by atoms with van der Waals surface area (Å²) in [5.74, 6) is -1.01. The molecule has 1 unspecified atom stereocenters. The Hall–Kier alpha value is -2.50. The van der Waals surface area contributed by atoms with Gasteiger partial charge in [0.05, 0.1) is 34.2 Å². The van der Waals surface area contributed by atoms with E-state index in [9.17, 15) is 9.59 Å². The number of carbonyl (C=O) groups excluding carboxylic acids is 2. The highest BCUT2D eigenvalue weighted by atomic mass is 16.5. The van der Waals surface area contributed by atoms with Crippen LogP contribution in [0.15, 0.2) is 30.0 Å². The van der Waals surface area contributed by atoms with E-state index in [0.29, 0.717) is 35.7 Å². The van der Waals surface area contributed by atoms with Crippen molar-refractivity contribution in [2.24, 2.45) is 5.92 Å². The first-order valence-electron chi connectivity index (χ1n) is 7.27. The van der Waals surface area contributed by atoms with Gasteiger partial charge < -0.3 is 18.9 Å². The van der Waals surface area contributed by atoms with Crippen LogP contribution in [-0.4, -0.2) is 39.7 Å². The average Bonchev–Trinajstić information content (AvgIpc) is 2.61. The Kier molecular flexibility index (Phi) is 5.62. The van der Waals surface area contributed by atoms with Crippen LogP contribution in [0.3, 0.4) is 0 Å². The van der Waals surface area contributed by atoms with Crippen LogP contribution in [0.5, 0.6) is 11.5 Å². The van der Waals surface area contributed by atoms with Gasteiger partial charge in [0.25, 0.3) is 0 Å². The molecular formula is C17H20O6. The van der Waals surface area contributed by atoms with Crippen molar-refractivity contribution in [2.45, 2.75) is 12.8 Å². The summed E-state index contributed by atoms with van der Waals surface area (Å²) >= 11 is 0. The predicted molar refractivity (Wildman–Crippen MR) is 82.7 cm³/mol. The first-order chi connectivity index (χ1) is 11.1. The second-order valence-electron chi connectivity index (χ2n) is 5.06. The monoisotopic (exact) mass is 320 g/mol. The maximum atomic E-state index is 12.8. The molecule has 1 heterocycles. The fraction of sp³-hybridized carbons (Fsp3) is 0.412. The maximum Gasteiger partial charge on any atom is 0.320 e. The number of carbonyl (C=O) groups is 2. The number of ether oxygens (including phenoxy) is 4. The largest absolute Gasteiger partial charge is 0.501 e. The Labute approximate surface area is 135 Å².